The summed E-state index contributed by atoms with van der Waals surface area (Å²) in [4.78, 5) is 25.1. The molecule has 0 aliphatic carbocycles. The van der Waals surface area contributed by atoms with Gasteiger partial charge in [-0.2, -0.15) is 0 Å². The molecule has 0 radical (unpaired) electrons. The second-order valence-corrected chi connectivity index (χ2v) is 11.0. The summed E-state index contributed by atoms with van der Waals surface area (Å²) in [6.45, 7) is 0.991. The Bertz CT molecular complexity index is 2020. The van der Waals surface area contributed by atoms with E-state index < -0.39 is 0 Å². The Morgan fingerprint density at radius 2 is 1.67 bits per heavy atom. The van der Waals surface area contributed by atoms with E-state index in [1.54, 1.807) is 6.20 Å². The summed E-state index contributed by atoms with van der Waals surface area (Å²) in [5.74, 6) is 1.47. The highest BCUT2D eigenvalue weighted by molar-refractivity contribution is 5.87. The normalized spacial score (nSPS) is 11.5. The number of aromatic amines is 1. The Labute approximate surface area is 250 Å². The number of nitrogens with one attached hydrogen (secondary N) is 2. The first-order valence-electron chi connectivity index (χ1n) is 14.4. The molecule has 0 atom stereocenters. The van der Waals surface area contributed by atoms with Gasteiger partial charge in [0.1, 0.15) is 11.5 Å². The number of H-pyrrole nitrogens is 1. The molecule has 4 aromatic heterocycles. The van der Waals surface area contributed by atoms with E-state index in [9.17, 15) is 0 Å². The third kappa shape index (κ3) is 5.73. The van der Waals surface area contributed by atoms with Crippen LogP contribution in [-0.4, -0.2) is 54.9 Å². The SMILES string of the molecule is CN(C)CCc1cccc(Nc2nccc(-c3c(-c4ccc5nc(Cc6ccccc6)[nH]c5c4)nc4ccccn34)n2)c1. The summed E-state index contributed by atoms with van der Waals surface area (Å²) in [5.41, 5.74) is 9.73. The quantitative estimate of drug-likeness (QED) is 0.201. The van der Waals surface area contributed by atoms with Gasteiger partial charge >= 0.3 is 0 Å². The zero-order chi connectivity index (χ0) is 29.2. The van der Waals surface area contributed by atoms with E-state index in [2.05, 4.69) is 99.3 Å². The predicted octanol–water partition coefficient (Wildman–Crippen LogP) is 6.77. The first-order chi connectivity index (χ1) is 21.1. The number of anilines is 2. The molecule has 0 unspecified atom stereocenters. The van der Waals surface area contributed by atoms with Crippen molar-refractivity contribution in [2.24, 2.45) is 0 Å². The molecule has 212 valence electrons. The fourth-order valence-electron chi connectivity index (χ4n) is 5.36. The highest BCUT2D eigenvalue weighted by Gasteiger charge is 2.19. The fraction of sp³-hybridized carbons (Fsp3) is 0.143. The van der Waals surface area contributed by atoms with Crippen molar-refractivity contribution in [3.63, 3.8) is 0 Å². The van der Waals surface area contributed by atoms with Gasteiger partial charge in [-0.15, -0.1) is 0 Å². The molecule has 7 aromatic rings. The van der Waals surface area contributed by atoms with E-state index in [4.69, 9.17) is 15.0 Å². The van der Waals surface area contributed by atoms with Crippen molar-refractivity contribution in [1.29, 1.82) is 0 Å². The number of rotatable bonds is 9. The number of fused-ring (bicyclic) bond motifs is 2. The summed E-state index contributed by atoms with van der Waals surface area (Å²) in [7, 11) is 4.18. The zero-order valence-corrected chi connectivity index (χ0v) is 24.2. The lowest BCUT2D eigenvalue weighted by molar-refractivity contribution is 0.413. The lowest BCUT2D eigenvalue weighted by Gasteiger charge is -2.11. The monoisotopic (exact) mass is 564 g/mol. The molecule has 0 bridgehead atoms. The lowest BCUT2D eigenvalue weighted by atomic mass is 10.1. The molecule has 0 amide bonds. The minimum atomic E-state index is 0.536. The molecule has 43 heavy (non-hydrogen) atoms. The minimum absolute atomic E-state index is 0.536. The van der Waals surface area contributed by atoms with E-state index in [1.165, 1.54) is 11.1 Å². The van der Waals surface area contributed by atoms with Crippen LogP contribution in [-0.2, 0) is 12.8 Å². The average molecular weight is 565 g/mol. The Hall–Kier alpha value is -5.34. The molecule has 0 fully saturated rings. The van der Waals surface area contributed by atoms with Crippen LogP contribution in [0.5, 0.6) is 0 Å². The molecule has 0 aliphatic heterocycles. The number of aromatic nitrogens is 6. The van der Waals surface area contributed by atoms with Crippen molar-refractivity contribution in [3.05, 3.63) is 126 Å². The molecule has 4 heterocycles. The molecular formula is C35H32N8. The summed E-state index contributed by atoms with van der Waals surface area (Å²) in [6.07, 6.45) is 5.54. The maximum atomic E-state index is 5.04. The van der Waals surface area contributed by atoms with Crippen LogP contribution >= 0.6 is 0 Å². The summed E-state index contributed by atoms with van der Waals surface area (Å²) in [5, 5.41) is 3.41. The van der Waals surface area contributed by atoms with Gasteiger partial charge < -0.3 is 15.2 Å². The first kappa shape index (κ1) is 26.6. The molecule has 3 aromatic carbocycles. The third-order valence-electron chi connectivity index (χ3n) is 7.48. The Morgan fingerprint density at radius 1 is 0.814 bits per heavy atom. The fourth-order valence-corrected chi connectivity index (χ4v) is 5.36. The Morgan fingerprint density at radius 3 is 2.56 bits per heavy atom. The standard InChI is InChI=1S/C35H32N8/c1-42(2)20-17-25-11-8-12-27(21-25)37-35-36-18-16-29(40-35)34-33(41-32-13-6-7-19-43(32)34)26-14-15-28-30(23-26)39-31(38-28)22-24-9-4-3-5-10-24/h3-16,18-19,21,23H,17,20,22H2,1-2H3,(H,38,39)(H,36,37,40). The zero-order valence-electron chi connectivity index (χ0n) is 24.2. The van der Waals surface area contributed by atoms with Crippen LogP contribution in [0.2, 0.25) is 0 Å². The van der Waals surface area contributed by atoms with Crippen molar-refractivity contribution in [2.45, 2.75) is 12.8 Å². The van der Waals surface area contributed by atoms with Gasteiger partial charge in [0, 0.05) is 36.6 Å². The molecule has 7 rings (SSSR count). The van der Waals surface area contributed by atoms with Gasteiger partial charge in [0.15, 0.2) is 0 Å². The van der Waals surface area contributed by atoms with E-state index in [1.807, 2.05) is 42.6 Å². The number of benzene rings is 3. The highest BCUT2D eigenvalue weighted by Crippen LogP contribution is 2.33. The van der Waals surface area contributed by atoms with E-state index >= 15 is 0 Å². The number of pyridine rings is 1. The van der Waals surface area contributed by atoms with Crippen LogP contribution in [0.1, 0.15) is 17.0 Å². The van der Waals surface area contributed by atoms with Crippen LogP contribution in [0.25, 0.3) is 39.3 Å². The maximum Gasteiger partial charge on any atom is 0.227 e. The van der Waals surface area contributed by atoms with Crippen molar-refractivity contribution in [1.82, 2.24) is 34.2 Å². The van der Waals surface area contributed by atoms with Crippen LogP contribution in [0.15, 0.2) is 109 Å². The number of hydrogen-bond donors (Lipinski definition) is 2. The van der Waals surface area contributed by atoms with Crippen molar-refractivity contribution >= 4 is 28.3 Å². The Balaban J connectivity index is 1.24. The predicted molar refractivity (Wildman–Crippen MR) is 173 cm³/mol. The molecule has 8 heteroatoms. The lowest BCUT2D eigenvalue weighted by Crippen LogP contribution is -2.15. The molecule has 0 saturated heterocycles. The second-order valence-electron chi connectivity index (χ2n) is 11.0. The average Bonchev–Trinajstić information content (AvgIpc) is 3.61. The topological polar surface area (TPSA) is 87.0 Å². The van der Waals surface area contributed by atoms with Crippen LogP contribution in [0, 0.1) is 0 Å². The number of nitrogens with zero attached hydrogens (tertiary/aromatic N) is 6. The van der Waals surface area contributed by atoms with Crippen LogP contribution in [0.3, 0.4) is 0 Å². The van der Waals surface area contributed by atoms with Crippen LogP contribution < -0.4 is 5.32 Å². The van der Waals surface area contributed by atoms with Gasteiger partial charge in [0.05, 0.1) is 28.1 Å². The molecular weight excluding hydrogens is 532 g/mol. The molecule has 8 nitrogen and oxygen atoms in total. The Kier molecular flexibility index (Phi) is 7.10. The van der Waals surface area contributed by atoms with Crippen LogP contribution in [0.4, 0.5) is 11.6 Å². The minimum Gasteiger partial charge on any atom is -0.342 e. The molecule has 0 saturated carbocycles. The molecule has 2 N–H and O–H groups in total. The highest BCUT2D eigenvalue weighted by atomic mass is 15.1. The van der Waals surface area contributed by atoms with Crippen molar-refractivity contribution in [2.75, 3.05) is 26.0 Å². The largest absolute Gasteiger partial charge is 0.342 e. The second kappa shape index (κ2) is 11.5. The van der Waals surface area contributed by atoms with Gasteiger partial charge in [-0.25, -0.2) is 19.9 Å². The van der Waals surface area contributed by atoms with Gasteiger partial charge in [-0.1, -0.05) is 54.6 Å². The summed E-state index contributed by atoms with van der Waals surface area (Å²) < 4.78 is 2.08. The maximum absolute atomic E-state index is 5.04. The van der Waals surface area contributed by atoms with E-state index in [0.29, 0.717) is 5.95 Å². The van der Waals surface area contributed by atoms with E-state index in [-0.39, 0.29) is 0 Å². The summed E-state index contributed by atoms with van der Waals surface area (Å²) >= 11 is 0. The van der Waals surface area contributed by atoms with Gasteiger partial charge in [-0.3, -0.25) is 4.40 Å². The number of likely N-dealkylation sites (N-methyl/N-ethyl adjacent to an activating group) is 1. The van der Waals surface area contributed by atoms with Gasteiger partial charge in [0.2, 0.25) is 5.95 Å². The smallest absolute Gasteiger partial charge is 0.227 e. The van der Waals surface area contributed by atoms with Crippen molar-refractivity contribution in [3.8, 4) is 22.6 Å². The van der Waals surface area contributed by atoms with Gasteiger partial charge in [-0.05, 0) is 74.1 Å². The molecule has 0 spiro atoms. The first-order valence-corrected chi connectivity index (χ1v) is 14.4. The molecule has 0 aliphatic rings. The van der Waals surface area contributed by atoms with Gasteiger partial charge in [0.25, 0.3) is 0 Å². The summed E-state index contributed by atoms with van der Waals surface area (Å²) in [6, 6.07) is 33.0. The number of imidazole rings is 2. The third-order valence-corrected chi connectivity index (χ3v) is 7.48. The number of hydrogen-bond acceptors (Lipinski definition) is 6. The van der Waals surface area contributed by atoms with Crippen molar-refractivity contribution < 1.29 is 0 Å². The van der Waals surface area contributed by atoms with E-state index in [0.717, 1.165) is 70.2 Å².